The van der Waals surface area contributed by atoms with Gasteiger partial charge in [-0.15, -0.1) is 0 Å². The van der Waals surface area contributed by atoms with Gasteiger partial charge in [0.1, 0.15) is 5.60 Å². The molecule has 0 heterocycles. The summed E-state index contributed by atoms with van der Waals surface area (Å²) in [5, 5.41) is 10.4. The lowest BCUT2D eigenvalue weighted by atomic mass is 9.85. The van der Waals surface area contributed by atoms with Crippen LogP contribution in [-0.2, 0) is 6.42 Å². The number of hydrogen-bond donors (Lipinski definition) is 1. The Balaban J connectivity index is 2.18. The monoisotopic (exact) mass is 242 g/mol. The zero-order valence-electron chi connectivity index (χ0n) is 11.4. The van der Waals surface area contributed by atoms with Crippen LogP contribution in [0.2, 0.25) is 0 Å². The van der Waals surface area contributed by atoms with Gasteiger partial charge >= 0.3 is 0 Å². The largest absolute Gasteiger partial charge is 0.378 e. The molecule has 1 nitrogen and oxygen atoms in total. The van der Waals surface area contributed by atoms with Gasteiger partial charge < -0.3 is 5.11 Å². The predicted molar refractivity (Wildman–Crippen MR) is 75.5 cm³/mol. The zero-order valence-corrected chi connectivity index (χ0v) is 11.4. The quantitative estimate of drug-likeness (QED) is 0.746. The van der Waals surface area contributed by atoms with Gasteiger partial charge in [0.2, 0.25) is 0 Å². The maximum absolute atomic E-state index is 10.4. The van der Waals surface area contributed by atoms with Crippen LogP contribution >= 0.6 is 0 Å². The Hall–Kier alpha value is -1.26. The van der Waals surface area contributed by atoms with E-state index in [1.807, 2.05) is 0 Å². The van der Waals surface area contributed by atoms with Crippen LogP contribution < -0.4 is 0 Å². The van der Waals surface area contributed by atoms with Gasteiger partial charge in [-0.1, -0.05) is 37.3 Å². The van der Waals surface area contributed by atoms with Crippen molar-refractivity contribution in [3.8, 4) is 11.8 Å². The van der Waals surface area contributed by atoms with E-state index in [1.54, 1.807) is 0 Å². The van der Waals surface area contributed by atoms with Gasteiger partial charge in [0.25, 0.3) is 0 Å². The Labute approximate surface area is 110 Å². The Kier molecular flexibility index (Phi) is 4.09. The summed E-state index contributed by atoms with van der Waals surface area (Å²) in [6, 6.07) is 6.39. The van der Waals surface area contributed by atoms with Crippen molar-refractivity contribution in [3.63, 3.8) is 0 Å². The van der Waals surface area contributed by atoms with E-state index in [0.29, 0.717) is 0 Å². The molecule has 0 bridgehead atoms. The minimum absolute atomic E-state index is 0.742. The van der Waals surface area contributed by atoms with E-state index < -0.39 is 5.60 Å². The molecule has 96 valence electrons. The lowest BCUT2D eigenvalue weighted by molar-refractivity contribution is 0.0610. The summed E-state index contributed by atoms with van der Waals surface area (Å²) < 4.78 is 0. The molecule has 18 heavy (non-hydrogen) atoms. The summed E-state index contributed by atoms with van der Waals surface area (Å²) in [5.74, 6) is 6.27. The average Bonchev–Trinajstić information content (AvgIpc) is 2.38. The first-order valence-electron chi connectivity index (χ1n) is 6.98. The predicted octanol–water partition coefficient (Wildman–Crippen LogP) is 3.60. The number of aliphatic hydroxyl groups is 1. The van der Waals surface area contributed by atoms with E-state index in [-0.39, 0.29) is 0 Å². The van der Waals surface area contributed by atoms with Crippen LogP contribution in [0.5, 0.6) is 0 Å². The van der Waals surface area contributed by atoms with Crippen LogP contribution in [0.15, 0.2) is 18.2 Å². The van der Waals surface area contributed by atoms with Crippen molar-refractivity contribution in [2.45, 2.75) is 58.0 Å². The van der Waals surface area contributed by atoms with Gasteiger partial charge in [-0.2, -0.15) is 0 Å². The van der Waals surface area contributed by atoms with Crippen LogP contribution in [-0.4, -0.2) is 10.7 Å². The van der Waals surface area contributed by atoms with E-state index in [4.69, 9.17) is 0 Å². The lowest BCUT2D eigenvalue weighted by Crippen LogP contribution is -2.29. The molecule has 0 aliphatic heterocycles. The zero-order chi connectivity index (χ0) is 13.0. The minimum atomic E-state index is -0.742. The van der Waals surface area contributed by atoms with Crippen LogP contribution in [0.25, 0.3) is 0 Å². The highest BCUT2D eigenvalue weighted by atomic mass is 16.3. The topological polar surface area (TPSA) is 20.2 Å². The van der Waals surface area contributed by atoms with Crippen molar-refractivity contribution >= 4 is 0 Å². The van der Waals surface area contributed by atoms with Crippen LogP contribution in [0, 0.1) is 18.8 Å². The van der Waals surface area contributed by atoms with Crippen LogP contribution in [0.1, 0.15) is 55.7 Å². The van der Waals surface area contributed by atoms with Crippen LogP contribution in [0.4, 0.5) is 0 Å². The molecule has 1 aliphatic carbocycles. The Morgan fingerprint density at radius 1 is 1.22 bits per heavy atom. The molecule has 1 aromatic carbocycles. The van der Waals surface area contributed by atoms with Gasteiger partial charge in [-0.05, 0) is 56.2 Å². The van der Waals surface area contributed by atoms with Crippen molar-refractivity contribution < 1.29 is 5.11 Å². The molecule has 0 radical (unpaired) electrons. The highest BCUT2D eigenvalue weighted by molar-refractivity contribution is 5.44. The molecule has 0 unspecified atom stereocenters. The normalized spacial score (nSPS) is 17.9. The molecule has 2 rings (SSSR count). The second-order valence-electron chi connectivity index (χ2n) is 5.35. The molecule has 1 N–H and O–H groups in total. The summed E-state index contributed by atoms with van der Waals surface area (Å²) >= 11 is 0. The van der Waals surface area contributed by atoms with Crippen molar-refractivity contribution in [3.05, 3.63) is 34.9 Å². The van der Waals surface area contributed by atoms with Crippen molar-refractivity contribution in [1.82, 2.24) is 0 Å². The molecule has 0 saturated heterocycles. The first kappa shape index (κ1) is 13.2. The minimum Gasteiger partial charge on any atom is -0.378 e. The highest BCUT2D eigenvalue weighted by Crippen LogP contribution is 2.27. The van der Waals surface area contributed by atoms with Crippen molar-refractivity contribution in [1.29, 1.82) is 0 Å². The van der Waals surface area contributed by atoms with E-state index >= 15 is 0 Å². The van der Waals surface area contributed by atoms with Crippen molar-refractivity contribution in [2.75, 3.05) is 0 Å². The molecular formula is C17H22O. The number of hydrogen-bond acceptors (Lipinski definition) is 1. The van der Waals surface area contributed by atoms with Gasteiger partial charge in [-0.25, -0.2) is 0 Å². The molecule has 1 aromatic rings. The first-order chi connectivity index (χ1) is 8.63. The fourth-order valence-electron chi connectivity index (χ4n) is 2.53. The summed E-state index contributed by atoms with van der Waals surface area (Å²) in [7, 11) is 0. The molecule has 0 spiro atoms. The molecule has 0 aromatic heterocycles. The van der Waals surface area contributed by atoms with Gasteiger partial charge in [0.05, 0.1) is 0 Å². The number of benzene rings is 1. The van der Waals surface area contributed by atoms with E-state index in [0.717, 1.165) is 37.7 Å². The summed E-state index contributed by atoms with van der Waals surface area (Å²) in [6.45, 7) is 4.25. The second kappa shape index (κ2) is 5.59. The summed E-state index contributed by atoms with van der Waals surface area (Å²) in [6.07, 6.45) is 6.13. The van der Waals surface area contributed by atoms with E-state index in [2.05, 4.69) is 43.9 Å². The van der Waals surface area contributed by atoms with Crippen LogP contribution in [0.3, 0.4) is 0 Å². The third-order valence-electron chi connectivity index (χ3n) is 3.81. The summed E-state index contributed by atoms with van der Waals surface area (Å²) in [5.41, 5.74) is 2.86. The Morgan fingerprint density at radius 2 is 1.94 bits per heavy atom. The fraction of sp³-hybridized carbons (Fsp3) is 0.529. The molecular weight excluding hydrogens is 220 g/mol. The highest BCUT2D eigenvalue weighted by Gasteiger charge is 2.26. The molecule has 1 saturated carbocycles. The molecule has 0 atom stereocenters. The standard InChI is InChI=1S/C17H22O/c1-3-15-7-8-16(14(2)13-15)9-12-17(18)10-5-4-6-11-17/h7-8,13,18H,3-6,10-11H2,1-2H3. The molecule has 0 amide bonds. The smallest absolute Gasteiger partial charge is 0.125 e. The third-order valence-corrected chi connectivity index (χ3v) is 3.81. The van der Waals surface area contributed by atoms with Gasteiger partial charge in [-0.3, -0.25) is 0 Å². The van der Waals surface area contributed by atoms with E-state index in [9.17, 15) is 5.11 Å². The van der Waals surface area contributed by atoms with Gasteiger partial charge in [0.15, 0.2) is 0 Å². The fourth-order valence-corrected chi connectivity index (χ4v) is 2.53. The maximum Gasteiger partial charge on any atom is 0.125 e. The average molecular weight is 242 g/mol. The summed E-state index contributed by atoms with van der Waals surface area (Å²) in [4.78, 5) is 0. The number of aryl methyl sites for hydroxylation is 2. The Morgan fingerprint density at radius 3 is 2.56 bits per heavy atom. The third kappa shape index (κ3) is 3.15. The van der Waals surface area contributed by atoms with Crippen molar-refractivity contribution in [2.24, 2.45) is 0 Å². The van der Waals surface area contributed by atoms with Gasteiger partial charge in [0, 0.05) is 5.56 Å². The second-order valence-corrected chi connectivity index (χ2v) is 5.35. The first-order valence-corrected chi connectivity index (χ1v) is 6.98. The number of rotatable bonds is 1. The molecule has 1 aliphatic rings. The molecule has 1 fully saturated rings. The molecule has 1 heteroatoms. The van der Waals surface area contributed by atoms with E-state index in [1.165, 1.54) is 17.5 Å². The SMILES string of the molecule is CCc1ccc(C#CC2(O)CCCCC2)c(C)c1. The maximum atomic E-state index is 10.4. The lowest BCUT2D eigenvalue weighted by Gasteiger charge is -2.26. The Bertz CT molecular complexity index is 470.